The number of morpholine rings is 1. The topological polar surface area (TPSA) is 118 Å². The van der Waals surface area contributed by atoms with Crippen LogP contribution in [0.1, 0.15) is 50.5 Å². The van der Waals surface area contributed by atoms with Gasteiger partial charge in [0.1, 0.15) is 6.04 Å². The lowest BCUT2D eigenvalue weighted by Gasteiger charge is -2.31. The lowest BCUT2D eigenvalue weighted by molar-refractivity contribution is -0.118. The van der Waals surface area contributed by atoms with Gasteiger partial charge in [0.25, 0.3) is 5.91 Å². The number of aryl methyl sites for hydroxylation is 3. The maximum Gasteiger partial charge on any atom is 0.407 e. The predicted octanol–water partition coefficient (Wildman–Crippen LogP) is 5.52. The zero-order valence-corrected chi connectivity index (χ0v) is 27.7. The van der Waals surface area contributed by atoms with E-state index >= 15 is 0 Å². The number of hydrogen-bond donors (Lipinski definition) is 4. The Labute approximate surface area is 282 Å². The third kappa shape index (κ3) is 8.87. The molecule has 1 aliphatic rings. The zero-order valence-electron chi connectivity index (χ0n) is 27.7. The minimum Gasteiger partial charge on any atom is -0.453 e. The molecule has 1 fully saturated rings. The molecule has 48 heavy (non-hydrogen) atoms. The molecule has 0 saturated carbocycles. The Hall–Kier alpha value is -4.99. The molecule has 0 aromatic heterocycles. The normalized spacial score (nSPS) is 16.5. The van der Waals surface area contributed by atoms with Gasteiger partial charge in [0.2, 0.25) is 5.91 Å². The number of carbonyl (C=O) groups is 3. The number of methoxy groups -OCH3 is 1. The summed E-state index contributed by atoms with van der Waals surface area (Å²) in [5.74, 6) is -0.887. The number of nitrogens with one attached hydrogen (secondary N) is 4. The number of ether oxygens (including phenoxy) is 2. The second kappa shape index (κ2) is 16.7. The van der Waals surface area contributed by atoms with E-state index in [1.165, 1.54) is 7.11 Å². The minimum atomic E-state index is -0.951. The smallest absolute Gasteiger partial charge is 0.407 e. The van der Waals surface area contributed by atoms with Crippen molar-refractivity contribution in [1.29, 1.82) is 0 Å². The molecule has 3 amide bonds. The van der Waals surface area contributed by atoms with Crippen LogP contribution < -0.4 is 21.3 Å². The van der Waals surface area contributed by atoms with Crippen LogP contribution in [0.2, 0.25) is 0 Å². The predicted molar refractivity (Wildman–Crippen MR) is 187 cm³/mol. The molecule has 1 aliphatic heterocycles. The van der Waals surface area contributed by atoms with Crippen LogP contribution in [0.25, 0.3) is 0 Å². The number of amides is 3. The summed E-state index contributed by atoms with van der Waals surface area (Å²) in [5.41, 5.74) is 6.05. The third-order valence-corrected chi connectivity index (χ3v) is 8.79. The molecular formula is C39H44N4O5. The number of alkyl carbamates (subject to hydrolysis) is 1. The van der Waals surface area contributed by atoms with Crippen LogP contribution in [-0.2, 0) is 20.7 Å². The van der Waals surface area contributed by atoms with Gasteiger partial charge in [-0.1, -0.05) is 97.1 Å². The first-order chi connectivity index (χ1) is 23.3. The molecule has 9 nitrogen and oxygen atoms in total. The Morgan fingerprint density at radius 1 is 0.854 bits per heavy atom. The summed E-state index contributed by atoms with van der Waals surface area (Å²) in [6, 6.07) is 31.9. The van der Waals surface area contributed by atoms with E-state index in [9.17, 15) is 14.4 Å². The van der Waals surface area contributed by atoms with Crippen LogP contribution in [0, 0.1) is 13.8 Å². The van der Waals surface area contributed by atoms with Crippen LogP contribution in [0.4, 0.5) is 10.5 Å². The van der Waals surface area contributed by atoms with Gasteiger partial charge in [0, 0.05) is 36.3 Å². The number of carbonyl (C=O) groups excluding carboxylic acids is 3. The van der Waals surface area contributed by atoms with Crippen molar-refractivity contribution >= 4 is 23.6 Å². The van der Waals surface area contributed by atoms with Crippen LogP contribution in [-0.4, -0.2) is 62.9 Å². The molecule has 1 saturated heterocycles. The summed E-state index contributed by atoms with van der Waals surface area (Å²) >= 11 is 0. The van der Waals surface area contributed by atoms with Gasteiger partial charge in [-0.25, -0.2) is 4.79 Å². The van der Waals surface area contributed by atoms with E-state index < -0.39 is 18.1 Å². The van der Waals surface area contributed by atoms with Crippen molar-refractivity contribution in [3.8, 4) is 0 Å². The van der Waals surface area contributed by atoms with Gasteiger partial charge in [-0.15, -0.1) is 0 Å². The van der Waals surface area contributed by atoms with Crippen molar-refractivity contribution in [3.05, 3.63) is 137 Å². The fourth-order valence-corrected chi connectivity index (χ4v) is 6.23. The monoisotopic (exact) mass is 648 g/mol. The largest absolute Gasteiger partial charge is 0.453 e. The lowest BCUT2D eigenvalue weighted by atomic mass is 9.84. The van der Waals surface area contributed by atoms with E-state index in [1.54, 1.807) is 0 Å². The SMILES string of the molecule is COC(=O)N[C@H](C(=O)Nc1ccccc1CC[C@@H]1CN[C@H](CNC(=O)c2c(C)cccc2C)CO1)C(c1ccccc1)c1ccccc1. The molecule has 0 unspecified atom stereocenters. The fourth-order valence-electron chi connectivity index (χ4n) is 6.23. The Bertz CT molecular complexity index is 1610. The maximum atomic E-state index is 14.0. The highest BCUT2D eigenvalue weighted by Gasteiger charge is 2.33. The molecule has 0 bridgehead atoms. The van der Waals surface area contributed by atoms with Crippen molar-refractivity contribution in [3.63, 3.8) is 0 Å². The van der Waals surface area contributed by atoms with Crippen molar-refractivity contribution in [1.82, 2.24) is 16.0 Å². The first-order valence-electron chi connectivity index (χ1n) is 16.4. The summed E-state index contributed by atoms with van der Waals surface area (Å²) in [6.07, 6.45) is 0.702. The second-order valence-electron chi connectivity index (χ2n) is 12.1. The maximum absolute atomic E-state index is 14.0. The third-order valence-electron chi connectivity index (χ3n) is 8.79. The van der Waals surface area contributed by atoms with E-state index in [2.05, 4.69) is 21.3 Å². The first kappa shape index (κ1) is 34.3. The highest BCUT2D eigenvalue weighted by atomic mass is 16.5. The number of rotatable bonds is 12. The average Bonchev–Trinajstić information content (AvgIpc) is 3.11. The minimum absolute atomic E-state index is 0.0162. The van der Waals surface area contributed by atoms with Crippen LogP contribution >= 0.6 is 0 Å². The van der Waals surface area contributed by atoms with Gasteiger partial charge < -0.3 is 30.7 Å². The average molecular weight is 649 g/mol. The van der Waals surface area contributed by atoms with Crippen molar-refractivity contribution in [2.75, 3.05) is 32.1 Å². The zero-order chi connectivity index (χ0) is 33.9. The Morgan fingerprint density at radius 2 is 1.48 bits per heavy atom. The Morgan fingerprint density at radius 3 is 2.08 bits per heavy atom. The standard InChI is InChI=1S/C39H44N4O5/c1-26-13-12-14-27(2)34(26)37(44)41-23-31-25-48-32(24-40-31)22-21-28-15-10-11-20-33(28)42-38(45)36(43-39(46)47-3)35(29-16-6-4-7-17-29)30-18-8-5-9-19-30/h4-20,31-32,35-36,40H,21-25H2,1-3H3,(H,41,44)(H,42,45)(H,43,46)/t31-,32-,36+/m1/s1. The molecule has 1 heterocycles. The number of benzene rings is 4. The second-order valence-corrected chi connectivity index (χ2v) is 12.1. The molecule has 0 radical (unpaired) electrons. The van der Waals surface area contributed by atoms with Gasteiger partial charge in [-0.05, 0) is 60.6 Å². The quantitative estimate of drug-likeness (QED) is 0.161. The summed E-state index contributed by atoms with van der Waals surface area (Å²) < 4.78 is 11.1. The summed E-state index contributed by atoms with van der Waals surface area (Å²) in [6.45, 7) is 5.50. The first-order valence-corrected chi connectivity index (χ1v) is 16.4. The molecule has 3 atom stereocenters. The van der Waals surface area contributed by atoms with Gasteiger partial charge in [0.05, 0.1) is 19.8 Å². The van der Waals surface area contributed by atoms with Gasteiger partial charge >= 0.3 is 6.09 Å². The van der Waals surface area contributed by atoms with E-state index in [0.29, 0.717) is 31.8 Å². The summed E-state index contributed by atoms with van der Waals surface area (Å²) in [5, 5.41) is 12.4. The van der Waals surface area contributed by atoms with Crippen LogP contribution in [0.3, 0.4) is 0 Å². The molecule has 4 aromatic carbocycles. The molecule has 0 aliphatic carbocycles. The van der Waals surface area contributed by atoms with E-state index in [0.717, 1.165) is 39.8 Å². The van der Waals surface area contributed by atoms with E-state index in [4.69, 9.17) is 9.47 Å². The van der Waals surface area contributed by atoms with Crippen LogP contribution in [0.5, 0.6) is 0 Å². The Balaban J connectivity index is 1.21. The number of anilines is 1. The van der Waals surface area contributed by atoms with Gasteiger partial charge in [-0.3, -0.25) is 9.59 Å². The lowest BCUT2D eigenvalue weighted by Crippen LogP contribution is -2.51. The Kier molecular flexibility index (Phi) is 12.0. The molecule has 4 aromatic rings. The van der Waals surface area contributed by atoms with Crippen LogP contribution in [0.15, 0.2) is 103 Å². The number of hydrogen-bond acceptors (Lipinski definition) is 6. The number of para-hydroxylation sites is 1. The molecule has 5 rings (SSSR count). The molecule has 9 heteroatoms. The van der Waals surface area contributed by atoms with Gasteiger partial charge in [0.15, 0.2) is 0 Å². The van der Waals surface area contributed by atoms with Gasteiger partial charge in [-0.2, -0.15) is 0 Å². The summed E-state index contributed by atoms with van der Waals surface area (Å²) in [7, 11) is 1.28. The molecule has 250 valence electrons. The highest BCUT2D eigenvalue weighted by molar-refractivity contribution is 5.98. The molecule has 4 N–H and O–H groups in total. The summed E-state index contributed by atoms with van der Waals surface area (Å²) in [4.78, 5) is 39.4. The highest BCUT2D eigenvalue weighted by Crippen LogP contribution is 2.30. The molecule has 0 spiro atoms. The van der Waals surface area contributed by atoms with E-state index in [1.807, 2.05) is 117 Å². The fraction of sp³-hybridized carbons (Fsp3) is 0.308. The van der Waals surface area contributed by atoms with Crippen molar-refractivity contribution in [2.45, 2.75) is 50.8 Å². The van der Waals surface area contributed by atoms with Crippen molar-refractivity contribution in [2.24, 2.45) is 0 Å². The van der Waals surface area contributed by atoms with Crippen molar-refractivity contribution < 1.29 is 23.9 Å². The van der Waals surface area contributed by atoms with E-state index in [-0.39, 0.29) is 24.0 Å². The molecular weight excluding hydrogens is 604 g/mol.